The van der Waals surface area contributed by atoms with Crippen molar-refractivity contribution in [2.45, 2.75) is 153 Å². The highest BCUT2D eigenvalue weighted by atomic mass is 79.9. The van der Waals surface area contributed by atoms with Crippen LogP contribution in [-0.2, 0) is 66.1 Å². The van der Waals surface area contributed by atoms with E-state index in [2.05, 4.69) is 66.8 Å². The topological polar surface area (TPSA) is 275 Å². The van der Waals surface area contributed by atoms with Gasteiger partial charge in [0.1, 0.15) is 45.3 Å². The number of amides is 4. The Balaban J connectivity index is 0.000000180. The third-order valence-corrected chi connectivity index (χ3v) is 16.0. The highest BCUT2D eigenvalue weighted by molar-refractivity contribution is 9.10. The lowest BCUT2D eigenvalue weighted by atomic mass is 9.78. The molecular weight excluding hydrogens is 1340 g/mol. The molecule has 1 aliphatic heterocycles. The van der Waals surface area contributed by atoms with E-state index in [9.17, 15) is 54.3 Å². The van der Waals surface area contributed by atoms with Gasteiger partial charge in [0.25, 0.3) is 0 Å². The molecule has 1 saturated heterocycles. The number of nitrogens with one attached hydrogen (secondary N) is 2. The lowest BCUT2D eigenvalue weighted by Gasteiger charge is -2.32. The maximum Gasteiger partial charge on any atom is 0.494 e. The first kappa shape index (κ1) is 71.1. The molecule has 0 bridgehead atoms. The molecule has 3 fully saturated rings. The molecule has 0 radical (unpaired) electrons. The summed E-state index contributed by atoms with van der Waals surface area (Å²) in [5.74, 6) is -2.56. The number of carbonyl (C=O) groups excluding carboxylic acids is 4. The van der Waals surface area contributed by atoms with Crippen LogP contribution >= 0.6 is 15.9 Å². The summed E-state index contributed by atoms with van der Waals surface area (Å²) in [5.41, 5.74) is -5.18. The SMILES string of the molecule is CC1(C)OB(c2ccc(CC(=O)Nc3cc(C4(C(F)(F)F)CC4)on3)c(F)c2)OC1(C)C.Cn1cncc1N(C(=O)OC(C)(C)C)c1ncc(-c2ccc(CC(=O)Nc3cc(C4(C(F)(F)F)CC4)on3)c(F)c2)cn1.Cn1cncc1N(C(=O)OC(C)(C)C)c1ncc(Br)cn1. The molecule has 0 unspecified atom stereocenters. The number of ether oxygens (including phenoxy) is 2. The van der Waals surface area contributed by atoms with Crippen molar-refractivity contribution in [3.05, 3.63) is 137 Å². The molecule has 6 aromatic heterocycles. The number of aryl methyl sites for hydroxylation is 2. The van der Waals surface area contributed by atoms with Crippen LogP contribution in [0.15, 0.2) is 112 Å². The number of hydrogen-bond acceptors (Lipinski definition) is 18. The van der Waals surface area contributed by atoms with Gasteiger partial charge in [0, 0.05) is 56.6 Å². The van der Waals surface area contributed by atoms with Gasteiger partial charge >= 0.3 is 31.7 Å². The van der Waals surface area contributed by atoms with Gasteiger partial charge in [-0.25, -0.2) is 48.3 Å². The van der Waals surface area contributed by atoms with E-state index in [1.165, 1.54) is 54.1 Å². The van der Waals surface area contributed by atoms with Crippen LogP contribution in [0.5, 0.6) is 0 Å². The van der Waals surface area contributed by atoms with E-state index in [-0.39, 0.29) is 78.3 Å². The monoisotopic (exact) mass is 1410 g/mol. The number of anilines is 6. The predicted molar refractivity (Wildman–Crippen MR) is 334 cm³/mol. The minimum atomic E-state index is -4.49. The molecule has 2 saturated carbocycles. The molecule has 24 nitrogen and oxygen atoms in total. The summed E-state index contributed by atoms with van der Waals surface area (Å²) >= 11 is 3.27. The Hall–Kier alpha value is -9.18. The van der Waals surface area contributed by atoms with Crippen LogP contribution in [0.25, 0.3) is 11.1 Å². The number of benzene rings is 2. The lowest BCUT2D eigenvalue weighted by molar-refractivity contribution is -0.166. The molecule has 510 valence electrons. The first-order chi connectivity index (χ1) is 44.7. The van der Waals surface area contributed by atoms with E-state index in [1.807, 2.05) is 27.7 Å². The van der Waals surface area contributed by atoms with Crippen LogP contribution < -0.4 is 25.9 Å². The molecule has 0 atom stereocenters. The number of hydrogen-bond donors (Lipinski definition) is 2. The number of alkyl halides is 6. The zero-order valence-electron chi connectivity index (χ0n) is 53.9. The van der Waals surface area contributed by atoms with E-state index >= 15 is 0 Å². The molecule has 0 spiro atoms. The van der Waals surface area contributed by atoms with Gasteiger partial charge in [-0.15, -0.1) is 0 Å². The summed E-state index contributed by atoms with van der Waals surface area (Å²) in [4.78, 5) is 77.6. The van der Waals surface area contributed by atoms with Crippen molar-refractivity contribution in [3.63, 3.8) is 0 Å². The molecule has 7 heterocycles. The Kier molecular flexibility index (Phi) is 19.8. The van der Waals surface area contributed by atoms with Crippen molar-refractivity contribution < 1.29 is 82.1 Å². The molecule has 2 N–H and O–H groups in total. The largest absolute Gasteiger partial charge is 0.494 e. The Morgan fingerprint density at radius 1 is 0.583 bits per heavy atom. The smallest absolute Gasteiger partial charge is 0.443 e. The zero-order chi connectivity index (χ0) is 70.3. The Labute approximate surface area is 553 Å². The van der Waals surface area contributed by atoms with Crippen LogP contribution in [0, 0.1) is 11.6 Å². The molecule has 3 aliphatic rings. The molecule has 96 heavy (non-hydrogen) atoms. The molecular formula is C62H66BBrF8N14O10. The number of rotatable bonds is 14. The number of halogens is 9. The molecule has 8 aromatic rings. The second kappa shape index (κ2) is 26.8. The van der Waals surface area contributed by atoms with Gasteiger partial charge in [-0.3, -0.25) is 9.59 Å². The standard InChI is InChI=1S/C28H27F4N7O4.C21H23BF4N2O4.C13H16BrN5O2/c1-26(2,3)42-25(41)39(23-14-33-15-38(23)4)24-34-12-18(13-35-24)16-5-6-17(19(29)9-16)10-22(40)36-21-11-20(43-37-21)27(7-8-27)28(30,31)32;1-18(2)19(3,4)32-22(31-18)13-6-5-12(14(23)10-13)9-17(29)27-16-11-15(30-28-16)20(7-8-20)21(24,25)26;1-13(2,3)21-12(20)19(10-7-15-8-18(10)4)11-16-5-9(14)6-17-11/h5-6,9,11-15H,7-8,10H2,1-4H3,(H,36,37,40);5-6,10-11H,7-9H2,1-4H3,(H,27,28,29);5-8H,1-4H3. The van der Waals surface area contributed by atoms with Crippen molar-refractivity contribution >= 4 is 87.7 Å². The molecule has 34 heteroatoms. The van der Waals surface area contributed by atoms with Gasteiger partial charge in [0.15, 0.2) is 23.2 Å². The van der Waals surface area contributed by atoms with Crippen molar-refractivity contribution in [1.82, 2.24) is 49.4 Å². The van der Waals surface area contributed by atoms with Crippen LogP contribution in [-0.4, -0.2) is 115 Å². The molecule has 4 amide bonds. The minimum absolute atomic E-state index is 0.00853. The zero-order valence-corrected chi connectivity index (χ0v) is 55.5. The van der Waals surface area contributed by atoms with E-state index in [4.69, 9.17) is 27.8 Å². The molecule has 2 aromatic carbocycles. The fourth-order valence-electron chi connectivity index (χ4n) is 9.44. The number of nitrogens with zero attached hydrogens (tertiary/aromatic N) is 12. The molecule has 11 rings (SSSR count). The highest BCUT2D eigenvalue weighted by Crippen LogP contribution is 2.60. The highest BCUT2D eigenvalue weighted by Gasteiger charge is 2.68. The average Bonchev–Trinajstić information content (AvgIpc) is 1.58. The van der Waals surface area contributed by atoms with Gasteiger partial charge in [-0.05, 0) is 145 Å². The van der Waals surface area contributed by atoms with Crippen molar-refractivity contribution in [3.8, 4) is 11.1 Å². The number of carbonyl (C=O) groups is 4. The van der Waals surface area contributed by atoms with Crippen LogP contribution in [0.2, 0.25) is 0 Å². The summed E-state index contributed by atoms with van der Waals surface area (Å²) in [6.07, 6.45) is 0.715. The number of imidazole rings is 2. The summed E-state index contributed by atoms with van der Waals surface area (Å²) in [7, 11) is 2.73. The maximum atomic E-state index is 15.0. The van der Waals surface area contributed by atoms with Crippen molar-refractivity contribution in [2.24, 2.45) is 14.1 Å². The van der Waals surface area contributed by atoms with Gasteiger partial charge in [0.2, 0.25) is 23.7 Å². The Morgan fingerprint density at radius 2 is 0.979 bits per heavy atom. The Morgan fingerprint density at radius 3 is 1.33 bits per heavy atom. The van der Waals surface area contributed by atoms with E-state index in [0.29, 0.717) is 28.2 Å². The fourth-order valence-corrected chi connectivity index (χ4v) is 9.64. The van der Waals surface area contributed by atoms with Crippen molar-refractivity contribution in [2.75, 3.05) is 20.4 Å². The second-order valence-electron chi connectivity index (χ2n) is 25.8. The van der Waals surface area contributed by atoms with Gasteiger partial charge < -0.3 is 47.6 Å². The van der Waals surface area contributed by atoms with Crippen molar-refractivity contribution in [1.29, 1.82) is 0 Å². The fraction of sp³-hybridized carbons (Fsp3) is 0.419. The predicted octanol–water partition coefficient (Wildman–Crippen LogP) is 12.8. The number of aromatic nitrogens is 10. The summed E-state index contributed by atoms with van der Waals surface area (Å²) < 4.78 is 145. The van der Waals surface area contributed by atoms with E-state index < -0.39 is 94.8 Å². The quantitative estimate of drug-likeness (QED) is 0.0756. The van der Waals surface area contributed by atoms with E-state index in [1.54, 1.807) is 102 Å². The summed E-state index contributed by atoms with van der Waals surface area (Å²) in [6.45, 7) is 18.1. The second-order valence-corrected chi connectivity index (χ2v) is 26.8. The van der Waals surface area contributed by atoms with Crippen LogP contribution in [0.4, 0.5) is 79.9 Å². The van der Waals surface area contributed by atoms with Gasteiger partial charge in [-0.1, -0.05) is 34.6 Å². The maximum absolute atomic E-state index is 15.0. The normalized spacial score (nSPS) is 15.9. The summed E-state index contributed by atoms with van der Waals surface area (Å²) in [6, 6.07) is 10.6. The Bertz CT molecular complexity index is 4120. The average molecular weight is 1410 g/mol. The first-order valence-corrected chi connectivity index (χ1v) is 30.4. The van der Waals surface area contributed by atoms with Crippen LogP contribution in [0.3, 0.4) is 0 Å². The molecule has 2 aliphatic carbocycles. The van der Waals surface area contributed by atoms with Gasteiger partial charge in [-0.2, -0.15) is 36.1 Å². The first-order valence-electron chi connectivity index (χ1n) is 29.6. The van der Waals surface area contributed by atoms with Crippen LogP contribution in [0.1, 0.15) is 118 Å². The van der Waals surface area contributed by atoms with E-state index in [0.717, 1.165) is 21.5 Å². The minimum Gasteiger partial charge on any atom is -0.443 e. The third-order valence-electron chi connectivity index (χ3n) is 15.6. The lowest BCUT2D eigenvalue weighted by Crippen LogP contribution is -2.41. The summed E-state index contributed by atoms with van der Waals surface area (Å²) in [5, 5.41) is 11.7. The third kappa shape index (κ3) is 16.2. The van der Waals surface area contributed by atoms with Gasteiger partial charge in [0.05, 0.1) is 53.6 Å².